The van der Waals surface area contributed by atoms with E-state index in [2.05, 4.69) is 10.6 Å². The monoisotopic (exact) mass is 405 g/mol. The number of nitrogens with zero attached hydrogens (tertiary/aromatic N) is 1. The molecule has 2 N–H and O–H groups in total. The van der Waals surface area contributed by atoms with Crippen molar-refractivity contribution in [3.8, 4) is 0 Å². The summed E-state index contributed by atoms with van der Waals surface area (Å²) in [5.41, 5.74) is 0.965. The Morgan fingerprint density at radius 3 is 2.72 bits per heavy atom. The highest BCUT2D eigenvalue weighted by Crippen LogP contribution is 2.26. The number of halogens is 4. The summed E-state index contributed by atoms with van der Waals surface area (Å²) in [4.78, 5) is 12.8. The maximum absolute atomic E-state index is 14.5. The second kappa shape index (κ2) is 7.87. The van der Waals surface area contributed by atoms with Gasteiger partial charge in [-0.05, 0) is 42.8 Å². The molecule has 1 fully saturated rings. The van der Waals surface area contributed by atoms with Crippen molar-refractivity contribution in [1.29, 1.82) is 0 Å². The quantitative estimate of drug-likeness (QED) is 0.653. The molecule has 0 saturated carbocycles. The summed E-state index contributed by atoms with van der Waals surface area (Å²) >= 11 is 0. The van der Waals surface area contributed by atoms with Crippen molar-refractivity contribution >= 4 is 16.8 Å². The second-order valence-electron chi connectivity index (χ2n) is 7.14. The SMILES string of the molecule is O=C(NC1CCNCC1F)c1cn(Cc2ccc(F)c(F)c2)c2cccc(F)c12. The van der Waals surface area contributed by atoms with E-state index in [1.165, 1.54) is 24.4 Å². The van der Waals surface area contributed by atoms with Gasteiger partial charge in [-0.2, -0.15) is 0 Å². The Morgan fingerprint density at radius 1 is 1.14 bits per heavy atom. The fraction of sp³-hybridized carbons (Fsp3) is 0.286. The van der Waals surface area contributed by atoms with Crippen LogP contribution in [0.5, 0.6) is 0 Å². The average molecular weight is 405 g/mol. The van der Waals surface area contributed by atoms with Crippen molar-refractivity contribution in [2.45, 2.75) is 25.2 Å². The minimum Gasteiger partial charge on any atom is -0.346 e. The molecule has 0 aliphatic carbocycles. The van der Waals surface area contributed by atoms with Crippen molar-refractivity contribution in [2.24, 2.45) is 0 Å². The van der Waals surface area contributed by atoms with Crippen LogP contribution in [0.1, 0.15) is 22.3 Å². The standard InChI is InChI=1S/C21H19F4N3O/c22-14-5-4-12(8-16(14)24)10-28-11-13(20-15(23)2-1-3-19(20)28)21(29)27-18-6-7-26-9-17(18)25/h1-5,8,11,17-18,26H,6-7,9-10H2,(H,27,29). The third-order valence-corrected chi connectivity index (χ3v) is 5.16. The fourth-order valence-corrected chi connectivity index (χ4v) is 3.68. The molecule has 4 rings (SSSR count). The molecule has 2 atom stereocenters. The van der Waals surface area contributed by atoms with Crippen LogP contribution in [0.3, 0.4) is 0 Å². The number of hydrogen-bond acceptors (Lipinski definition) is 2. The molecule has 1 aliphatic heterocycles. The van der Waals surface area contributed by atoms with Crippen molar-refractivity contribution < 1.29 is 22.4 Å². The molecule has 2 aromatic carbocycles. The first kappa shape index (κ1) is 19.4. The van der Waals surface area contributed by atoms with Crippen molar-refractivity contribution in [1.82, 2.24) is 15.2 Å². The van der Waals surface area contributed by atoms with E-state index < -0.39 is 35.6 Å². The summed E-state index contributed by atoms with van der Waals surface area (Å²) in [6.45, 7) is 0.846. The number of aromatic nitrogens is 1. The van der Waals surface area contributed by atoms with E-state index in [1.54, 1.807) is 10.6 Å². The van der Waals surface area contributed by atoms with Crippen LogP contribution in [0.25, 0.3) is 10.9 Å². The Labute approximate surface area is 164 Å². The Kier molecular flexibility index (Phi) is 5.27. The minimum absolute atomic E-state index is 0.0754. The molecule has 1 aliphatic rings. The number of nitrogens with one attached hydrogen (secondary N) is 2. The van der Waals surface area contributed by atoms with Gasteiger partial charge in [-0.25, -0.2) is 17.6 Å². The first-order chi connectivity index (χ1) is 13.9. The Bertz CT molecular complexity index is 1070. The van der Waals surface area contributed by atoms with Crippen LogP contribution < -0.4 is 10.6 Å². The van der Waals surface area contributed by atoms with Gasteiger partial charge in [0.1, 0.15) is 12.0 Å². The largest absolute Gasteiger partial charge is 0.346 e. The number of fused-ring (bicyclic) bond motifs is 1. The van der Waals surface area contributed by atoms with Gasteiger partial charge in [0.05, 0.1) is 17.1 Å². The van der Waals surface area contributed by atoms with Gasteiger partial charge in [0.2, 0.25) is 0 Å². The highest BCUT2D eigenvalue weighted by atomic mass is 19.2. The minimum atomic E-state index is -1.23. The van der Waals surface area contributed by atoms with E-state index in [4.69, 9.17) is 0 Å². The zero-order chi connectivity index (χ0) is 20.5. The molecule has 1 amide bonds. The molecule has 0 bridgehead atoms. The summed E-state index contributed by atoms with van der Waals surface area (Å²) in [7, 11) is 0. The van der Waals surface area contributed by atoms with E-state index in [-0.39, 0.29) is 24.0 Å². The summed E-state index contributed by atoms with van der Waals surface area (Å²) in [5.74, 6) is -3.10. The third-order valence-electron chi connectivity index (χ3n) is 5.16. The lowest BCUT2D eigenvalue weighted by Crippen LogP contribution is -2.50. The van der Waals surface area contributed by atoms with Crippen molar-refractivity contribution in [2.75, 3.05) is 13.1 Å². The highest BCUT2D eigenvalue weighted by Gasteiger charge is 2.28. The molecule has 0 radical (unpaired) electrons. The molecule has 1 saturated heterocycles. The van der Waals surface area contributed by atoms with Crippen LogP contribution >= 0.6 is 0 Å². The molecular weight excluding hydrogens is 386 g/mol. The van der Waals surface area contributed by atoms with Crippen LogP contribution in [0, 0.1) is 17.5 Å². The lowest BCUT2D eigenvalue weighted by atomic mass is 10.0. The van der Waals surface area contributed by atoms with Crippen LogP contribution in [0.4, 0.5) is 17.6 Å². The Balaban J connectivity index is 1.69. The molecule has 2 heterocycles. The van der Waals surface area contributed by atoms with E-state index in [0.29, 0.717) is 24.0 Å². The maximum atomic E-state index is 14.5. The number of rotatable bonds is 4. The number of carbonyl (C=O) groups excluding carboxylic acids is 1. The molecule has 2 unspecified atom stereocenters. The van der Waals surface area contributed by atoms with Crippen LogP contribution in [-0.2, 0) is 6.54 Å². The summed E-state index contributed by atoms with van der Waals surface area (Å²) in [6.07, 6.45) is 0.662. The molecular formula is C21H19F4N3O. The lowest BCUT2D eigenvalue weighted by molar-refractivity contribution is 0.0893. The first-order valence-electron chi connectivity index (χ1n) is 9.31. The number of benzene rings is 2. The second-order valence-corrected chi connectivity index (χ2v) is 7.14. The molecule has 152 valence electrons. The average Bonchev–Trinajstić information content (AvgIpc) is 3.06. The van der Waals surface area contributed by atoms with Crippen molar-refractivity contribution in [3.05, 3.63) is 71.2 Å². The van der Waals surface area contributed by atoms with E-state index >= 15 is 0 Å². The van der Waals surface area contributed by atoms with Crippen LogP contribution in [-0.4, -0.2) is 35.8 Å². The van der Waals surface area contributed by atoms with Crippen LogP contribution in [0.2, 0.25) is 0 Å². The zero-order valence-electron chi connectivity index (χ0n) is 15.4. The van der Waals surface area contributed by atoms with Gasteiger partial charge in [-0.1, -0.05) is 12.1 Å². The van der Waals surface area contributed by atoms with Gasteiger partial charge in [0.25, 0.3) is 5.91 Å². The summed E-state index contributed by atoms with van der Waals surface area (Å²) in [6, 6.07) is 7.23. The number of alkyl halides is 1. The molecule has 0 spiro atoms. The molecule has 29 heavy (non-hydrogen) atoms. The van der Waals surface area contributed by atoms with Gasteiger partial charge in [0.15, 0.2) is 11.6 Å². The van der Waals surface area contributed by atoms with Gasteiger partial charge in [-0.15, -0.1) is 0 Å². The summed E-state index contributed by atoms with van der Waals surface area (Å²) in [5, 5.41) is 5.67. The molecule has 1 aromatic heterocycles. The Morgan fingerprint density at radius 2 is 1.97 bits per heavy atom. The van der Waals surface area contributed by atoms with Gasteiger partial charge in [-0.3, -0.25) is 4.79 Å². The van der Waals surface area contributed by atoms with Gasteiger partial charge in [0, 0.05) is 24.7 Å². The normalized spacial score (nSPS) is 19.4. The fourth-order valence-electron chi connectivity index (χ4n) is 3.68. The maximum Gasteiger partial charge on any atom is 0.253 e. The molecule has 8 heteroatoms. The predicted molar refractivity (Wildman–Crippen MR) is 101 cm³/mol. The topological polar surface area (TPSA) is 46.1 Å². The number of carbonyl (C=O) groups is 1. The van der Waals surface area contributed by atoms with Gasteiger partial charge < -0.3 is 15.2 Å². The smallest absolute Gasteiger partial charge is 0.253 e. The lowest BCUT2D eigenvalue weighted by Gasteiger charge is -2.27. The predicted octanol–water partition coefficient (Wildman–Crippen LogP) is 3.54. The van der Waals surface area contributed by atoms with Crippen LogP contribution in [0.15, 0.2) is 42.6 Å². The Hall–Kier alpha value is -2.87. The number of piperidine rings is 1. The highest BCUT2D eigenvalue weighted by molar-refractivity contribution is 6.07. The first-order valence-corrected chi connectivity index (χ1v) is 9.31. The number of hydrogen-bond donors (Lipinski definition) is 2. The van der Waals surface area contributed by atoms with E-state index in [9.17, 15) is 22.4 Å². The molecule has 3 aromatic rings. The van der Waals surface area contributed by atoms with Gasteiger partial charge >= 0.3 is 0 Å². The third kappa shape index (κ3) is 3.85. The van der Waals surface area contributed by atoms with Crippen molar-refractivity contribution in [3.63, 3.8) is 0 Å². The number of amides is 1. The van der Waals surface area contributed by atoms with E-state index in [1.807, 2.05) is 0 Å². The summed E-state index contributed by atoms with van der Waals surface area (Å²) < 4.78 is 56.9. The zero-order valence-corrected chi connectivity index (χ0v) is 15.4. The molecule has 4 nitrogen and oxygen atoms in total. The van der Waals surface area contributed by atoms with E-state index in [0.717, 1.165) is 12.1 Å².